The minimum absolute atomic E-state index is 0.0750. The van der Waals surface area contributed by atoms with Gasteiger partial charge in [0.1, 0.15) is 12.2 Å². The van der Waals surface area contributed by atoms with Gasteiger partial charge in [-0.1, -0.05) is 0 Å². The molecule has 0 saturated heterocycles. The molecule has 2 aromatic heterocycles. The van der Waals surface area contributed by atoms with Crippen LogP contribution in [0.1, 0.15) is 23.6 Å². The Morgan fingerprint density at radius 3 is 2.76 bits per heavy atom. The first-order valence-corrected chi connectivity index (χ1v) is 7.43. The molecule has 0 spiro atoms. The van der Waals surface area contributed by atoms with Crippen molar-refractivity contribution < 1.29 is 13.9 Å². The van der Waals surface area contributed by atoms with Crippen LogP contribution in [0.5, 0.6) is 0 Å². The maximum atomic E-state index is 11.7. The second-order valence-electron chi connectivity index (χ2n) is 5.04. The third kappa shape index (κ3) is 2.34. The number of hydrogen-bond acceptors (Lipinski definition) is 5. The molecule has 4 nitrogen and oxygen atoms in total. The molecule has 0 bridgehead atoms. The van der Waals surface area contributed by atoms with Gasteiger partial charge >= 0.3 is 11.6 Å². The molecule has 3 aromatic rings. The van der Waals surface area contributed by atoms with Crippen molar-refractivity contribution in [2.24, 2.45) is 0 Å². The minimum atomic E-state index is -0.430. The molecule has 0 aliphatic carbocycles. The van der Waals surface area contributed by atoms with Crippen LogP contribution in [0.25, 0.3) is 21.1 Å². The lowest BCUT2D eigenvalue weighted by molar-refractivity contribution is -0.142. The summed E-state index contributed by atoms with van der Waals surface area (Å²) in [7, 11) is 0. The summed E-state index contributed by atoms with van der Waals surface area (Å²) < 4.78 is 11.5. The van der Waals surface area contributed by atoms with E-state index in [0.717, 1.165) is 21.0 Å². The van der Waals surface area contributed by atoms with Crippen molar-refractivity contribution in [3.05, 3.63) is 44.6 Å². The first-order chi connectivity index (χ1) is 9.97. The summed E-state index contributed by atoms with van der Waals surface area (Å²) in [5, 5.41) is 4.05. The summed E-state index contributed by atoms with van der Waals surface area (Å²) in [6.45, 7) is 5.42. The number of esters is 1. The highest BCUT2D eigenvalue weighted by Gasteiger charge is 2.14. The topological polar surface area (TPSA) is 56.5 Å². The Morgan fingerprint density at radius 1 is 1.29 bits per heavy atom. The number of aryl methyl sites for hydroxylation is 2. The van der Waals surface area contributed by atoms with Crippen LogP contribution in [-0.4, -0.2) is 5.97 Å². The van der Waals surface area contributed by atoms with Gasteiger partial charge in [0.25, 0.3) is 0 Å². The molecular weight excluding hydrogens is 288 g/mol. The zero-order valence-corrected chi connectivity index (χ0v) is 12.8. The number of ether oxygens (including phenoxy) is 1. The van der Waals surface area contributed by atoms with Crippen LogP contribution in [0.15, 0.2) is 26.7 Å². The van der Waals surface area contributed by atoms with E-state index >= 15 is 0 Å². The second-order valence-corrected chi connectivity index (χ2v) is 5.92. The molecule has 0 atom stereocenters. The van der Waals surface area contributed by atoms with Crippen molar-refractivity contribution in [2.75, 3.05) is 0 Å². The van der Waals surface area contributed by atoms with Crippen molar-refractivity contribution in [1.82, 2.24) is 0 Å². The number of carbonyl (C=O) groups excluding carboxylic acids is 1. The van der Waals surface area contributed by atoms with Gasteiger partial charge in [0.05, 0.1) is 0 Å². The number of rotatable bonds is 2. The van der Waals surface area contributed by atoms with Crippen LogP contribution in [0.4, 0.5) is 0 Å². The molecule has 0 radical (unpaired) electrons. The fourth-order valence-corrected chi connectivity index (χ4v) is 3.49. The lowest BCUT2D eigenvalue weighted by Gasteiger charge is -2.08. The summed E-state index contributed by atoms with van der Waals surface area (Å²) in [5.74, 6) is -0.374. The Kier molecular flexibility index (Phi) is 3.29. The molecular formula is C16H14O4S. The Bertz CT molecular complexity index is 917. The van der Waals surface area contributed by atoms with E-state index in [4.69, 9.17) is 9.15 Å². The maximum Gasteiger partial charge on any atom is 0.336 e. The summed E-state index contributed by atoms with van der Waals surface area (Å²) in [4.78, 5) is 22.7. The average Bonchev–Trinajstić information content (AvgIpc) is 2.79. The van der Waals surface area contributed by atoms with Crippen LogP contribution < -0.4 is 5.63 Å². The first kappa shape index (κ1) is 13.8. The molecule has 21 heavy (non-hydrogen) atoms. The van der Waals surface area contributed by atoms with Crippen LogP contribution in [-0.2, 0) is 16.1 Å². The van der Waals surface area contributed by atoms with Gasteiger partial charge in [0.2, 0.25) is 0 Å². The Hall–Kier alpha value is -2.14. The predicted octanol–water partition coefficient (Wildman–Crippen LogP) is 3.69. The van der Waals surface area contributed by atoms with Gasteiger partial charge in [0, 0.05) is 34.2 Å². The van der Waals surface area contributed by atoms with Crippen LogP contribution in [0, 0.1) is 13.8 Å². The highest BCUT2D eigenvalue weighted by atomic mass is 32.1. The number of benzene rings is 1. The fraction of sp³-hybridized carbons (Fsp3) is 0.250. The van der Waals surface area contributed by atoms with E-state index in [-0.39, 0.29) is 12.6 Å². The molecule has 0 aliphatic rings. The summed E-state index contributed by atoms with van der Waals surface area (Å²) in [5.41, 5.74) is 2.94. The van der Waals surface area contributed by atoms with Gasteiger partial charge in [-0.25, -0.2) is 4.79 Å². The van der Waals surface area contributed by atoms with Gasteiger partial charge in [-0.15, -0.1) is 11.3 Å². The van der Waals surface area contributed by atoms with Crippen molar-refractivity contribution in [2.45, 2.75) is 27.4 Å². The SMILES string of the molecule is CC(=O)OCc1cc(=O)oc2c(C)c3scc(C)c3cc12. The van der Waals surface area contributed by atoms with E-state index in [1.807, 2.05) is 13.0 Å². The van der Waals surface area contributed by atoms with Crippen LogP contribution in [0.2, 0.25) is 0 Å². The monoisotopic (exact) mass is 302 g/mol. The van der Waals surface area contributed by atoms with Crippen LogP contribution in [0.3, 0.4) is 0 Å². The number of fused-ring (bicyclic) bond motifs is 2. The first-order valence-electron chi connectivity index (χ1n) is 6.55. The molecule has 1 aromatic carbocycles. The van der Waals surface area contributed by atoms with Gasteiger partial charge in [-0.3, -0.25) is 4.79 Å². The third-order valence-electron chi connectivity index (χ3n) is 3.51. The largest absolute Gasteiger partial charge is 0.461 e. The molecule has 0 N–H and O–H groups in total. The van der Waals surface area contributed by atoms with Crippen LogP contribution >= 0.6 is 11.3 Å². The van der Waals surface area contributed by atoms with Crippen molar-refractivity contribution in [3.63, 3.8) is 0 Å². The molecule has 2 heterocycles. The summed E-state index contributed by atoms with van der Waals surface area (Å²) >= 11 is 1.64. The van der Waals surface area contributed by atoms with E-state index < -0.39 is 5.63 Å². The van der Waals surface area contributed by atoms with Crippen molar-refractivity contribution in [1.29, 1.82) is 0 Å². The van der Waals surface area contributed by atoms with Crippen molar-refractivity contribution >= 4 is 38.4 Å². The molecule has 0 fully saturated rings. The standard InChI is InChI=1S/C16H14O4S/c1-8-7-21-16-9(2)15-13(5-12(8)16)11(4-14(18)20-15)6-19-10(3)17/h4-5,7H,6H2,1-3H3. The van der Waals surface area contributed by atoms with E-state index in [2.05, 4.69) is 12.3 Å². The zero-order chi connectivity index (χ0) is 15.1. The summed E-state index contributed by atoms with van der Waals surface area (Å²) in [6.07, 6.45) is 0. The Morgan fingerprint density at radius 2 is 2.05 bits per heavy atom. The van der Waals surface area contributed by atoms with Crippen molar-refractivity contribution in [3.8, 4) is 0 Å². The van der Waals surface area contributed by atoms with E-state index in [1.54, 1.807) is 11.3 Å². The molecule has 5 heteroatoms. The molecule has 3 rings (SSSR count). The number of hydrogen-bond donors (Lipinski definition) is 0. The Balaban J connectivity index is 2.34. The van der Waals surface area contributed by atoms with Gasteiger partial charge in [-0.05, 0) is 36.2 Å². The van der Waals surface area contributed by atoms with Gasteiger partial charge in [-0.2, -0.15) is 0 Å². The maximum absolute atomic E-state index is 11.7. The minimum Gasteiger partial charge on any atom is -0.461 e. The van der Waals surface area contributed by atoms with Gasteiger partial charge < -0.3 is 9.15 Å². The molecule has 0 aliphatic heterocycles. The quantitative estimate of drug-likeness (QED) is 0.535. The number of carbonyl (C=O) groups is 1. The van der Waals surface area contributed by atoms with E-state index in [1.165, 1.54) is 18.6 Å². The number of thiophene rings is 1. The zero-order valence-electron chi connectivity index (χ0n) is 12.0. The smallest absolute Gasteiger partial charge is 0.336 e. The normalized spacial score (nSPS) is 11.2. The lowest BCUT2D eigenvalue weighted by Crippen LogP contribution is -2.05. The highest BCUT2D eigenvalue weighted by Crippen LogP contribution is 2.34. The molecule has 0 unspecified atom stereocenters. The fourth-order valence-electron chi connectivity index (χ4n) is 2.46. The van der Waals surface area contributed by atoms with E-state index in [9.17, 15) is 9.59 Å². The third-order valence-corrected chi connectivity index (χ3v) is 4.74. The Labute approximate surface area is 125 Å². The highest BCUT2D eigenvalue weighted by molar-refractivity contribution is 7.17. The lowest BCUT2D eigenvalue weighted by atomic mass is 10.0. The predicted molar refractivity (Wildman–Crippen MR) is 82.8 cm³/mol. The second kappa shape index (κ2) is 5.00. The molecule has 0 saturated carbocycles. The van der Waals surface area contributed by atoms with Gasteiger partial charge in [0.15, 0.2) is 0 Å². The van der Waals surface area contributed by atoms with E-state index in [0.29, 0.717) is 11.1 Å². The molecule has 108 valence electrons. The average molecular weight is 302 g/mol. The summed E-state index contributed by atoms with van der Waals surface area (Å²) in [6, 6.07) is 3.39. The molecule has 0 amide bonds.